The predicted octanol–water partition coefficient (Wildman–Crippen LogP) is 3.03. The largest absolute Gasteiger partial charge is 0.492 e. The number of hydrogen-bond acceptors (Lipinski definition) is 2. The van der Waals surface area contributed by atoms with Crippen molar-refractivity contribution < 1.29 is 9.13 Å². The summed E-state index contributed by atoms with van der Waals surface area (Å²) in [5.74, 6) is 0.181. The highest BCUT2D eigenvalue weighted by molar-refractivity contribution is 9.10. The molecule has 0 aliphatic carbocycles. The van der Waals surface area contributed by atoms with Crippen LogP contribution < -0.4 is 10.5 Å². The van der Waals surface area contributed by atoms with Gasteiger partial charge in [-0.2, -0.15) is 0 Å². The topological polar surface area (TPSA) is 35.2 Å². The standard InChI is InChI=1S/C10H11BrFNOS/c11-8-4-3-7(12)6-9(8)14-5-1-2-10(13)15/h3-4,6H,1-2,5H2,(H2,13,15). The zero-order valence-electron chi connectivity index (χ0n) is 8.00. The van der Waals surface area contributed by atoms with Crippen LogP contribution in [0, 0.1) is 5.82 Å². The molecule has 0 saturated carbocycles. The van der Waals surface area contributed by atoms with E-state index in [-0.39, 0.29) is 5.82 Å². The Morgan fingerprint density at radius 2 is 2.27 bits per heavy atom. The minimum absolute atomic E-state index is 0.317. The van der Waals surface area contributed by atoms with Crippen LogP contribution in [-0.4, -0.2) is 11.6 Å². The quantitative estimate of drug-likeness (QED) is 0.669. The maximum atomic E-state index is 12.8. The van der Waals surface area contributed by atoms with E-state index in [1.54, 1.807) is 6.07 Å². The predicted molar refractivity (Wildman–Crippen MR) is 65.6 cm³/mol. The zero-order chi connectivity index (χ0) is 11.3. The van der Waals surface area contributed by atoms with E-state index >= 15 is 0 Å². The highest BCUT2D eigenvalue weighted by Gasteiger charge is 2.02. The molecule has 0 spiro atoms. The van der Waals surface area contributed by atoms with Crippen LogP contribution in [0.5, 0.6) is 5.75 Å². The molecule has 0 aromatic heterocycles. The number of rotatable bonds is 5. The van der Waals surface area contributed by atoms with Gasteiger partial charge in [0, 0.05) is 12.5 Å². The first-order valence-corrected chi connectivity index (χ1v) is 5.66. The number of benzene rings is 1. The average molecular weight is 292 g/mol. The Morgan fingerprint density at radius 1 is 1.53 bits per heavy atom. The number of thiocarbonyl (C=S) groups is 1. The van der Waals surface area contributed by atoms with E-state index in [4.69, 9.17) is 22.7 Å². The molecule has 0 amide bonds. The summed E-state index contributed by atoms with van der Waals surface area (Å²) >= 11 is 7.99. The van der Waals surface area contributed by atoms with E-state index in [9.17, 15) is 4.39 Å². The maximum absolute atomic E-state index is 12.8. The SMILES string of the molecule is NC(=S)CCCOc1cc(F)ccc1Br. The fourth-order valence-corrected chi connectivity index (χ4v) is 1.52. The second-order valence-electron chi connectivity index (χ2n) is 2.99. The van der Waals surface area contributed by atoms with Crippen molar-refractivity contribution in [2.75, 3.05) is 6.61 Å². The first-order valence-electron chi connectivity index (χ1n) is 4.46. The lowest BCUT2D eigenvalue weighted by Gasteiger charge is -2.07. The molecule has 1 rings (SSSR count). The van der Waals surface area contributed by atoms with E-state index in [1.165, 1.54) is 12.1 Å². The highest BCUT2D eigenvalue weighted by atomic mass is 79.9. The molecule has 1 aromatic rings. The molecule has 0 fully saturated rings. The molecule has 0 radical (unpaired) electrons. The maximum Gasteiger partial charge on any atom is 0.136 e. The summed E-state index contributed by atoms with van der Waals surface area (Å²) in [6.45, 7) is 0.472. The molecule has 1 aromatic carbocycles. The van der Waals surface area contributed by atoms with E-state index in [0.717, 1.165) is 10.9 Å². The van der Waals surface area contributed by atoms with Crippen LogP contribution in [0.4, 0.5) is 4.39 Å². The van der Waals surface area contributed by atoms with Crippen molar-refractivity contribution >= 4 is 33.1 Å². The lowest BCUT2D eigenvalue weighted by Crippen LogP contribution is -2.09. The molecule has 0 bridgehead atoms. The smallest absolute Gasteiger partial charge is 0.136 e. The molecular weight excluding hydrogens is 281 g/mol. The van der Waals surface area contributed by atoms with Crippen LogP contribution in [0.3, 0.4) is 0 Å². The molecule has 5 heteroatoms. The van der Waals surface area contributed by atoms with Crippen molar-refractivity contribution in [3.63, 3.8) is 0 Å². The third-order valence-corrected chi connectivity index (χ3v) is 2.58. The second-order valence-corrected chi connectivity index (χ2v) is 4.37. The van der Waals surface area contributed by atoms with E-state index < -0.39 is 0 Å². The Morgan fingerprint density at radius 3 is 2.93 bits per heavy atom. The fourth-order valence-electron chi connectivity index (χ4n) is 1.02. The monoisotopic (exact) mass is 291 g/mol. The number of ether oxygens (including phenoxy) is 1. The average Bonchev–Trinajstić information content (AvgIpc) is 2.17. The Bertz CT molecular complexity index is 359. The minimum Gasteiger partial charge on any atom is -0.492 e. The van der Waals surface area contributed by atoms with Gasteiger partial charge in [0.05, 0.1) is 16.1 Å². The van der Waals surface area contributed by atoms with Gasteiger partial charge in [-0.15, -0.1) is 0 Å². The minimum atomic E-state index is -0.317. The van der Waals surface area contributed by atoms with Crippen LogP contribution in [0.15, 0.2) is 22.7 Å². The summed E-state index contributed by atoms with van der Waals surface area (Å²) in [7, 11) is 0. The summed E-state index contributed by atoms with van der Waals surface area (Å²) in [4.78, 5) is 0.469. The Hall–Kier alpha value is -0.680. The summed E-state index contributed by atoms with van der Waals surface area (Å²) < 4.78 is 18.9. The van der Waals surface area contributed by atoms with Crippen LogP contribution in [-0.2, 0) is 0 Å². The van der Waals surface area contributed by atoms with Gasteiger partial charge in [-0.25, -0.2) is 4.39 Å². The lowest BCUT2D eigenvalue weighted by molar-refractivity contribution is 0.310. The van der Waals surface area contributed by atoms with Crippen molar-refractivity contribution in [1.29, 1.82) is 0 Å². The first-order chi connectivity index (χ1) is 7.09. The van der Waals surface area contributed by atoms with Crippen molar-refractivity contribution in [2.24, 2.45) is 5.73 Å². The summed E-state index contributed by atoms with van der Waals surface area (Å²) in [6, 6.07) is 4.31. The second kappa shape index (κ2) is 6.02. The molecule has 15 heavy (non-hydrogen) atoms. The normalized spacial score (nSPS) is 10.0. The molecule has 82 valence electrons. The van der Waals surface area contributed by atoms with E-state index in [0.29, 0.717) is 23.8 Å². The molecular formula is C10H11BrFNOS. The van der Waals surface area contributed by atoms with Gasteiger partial charge in [0.2, 0.25) is 0 Å². The number of hydrogen-bond donors (Lipinski definition) is 1. The molecule has 2 nitrogen and oxygen atoms in total. The van der Waals surface area contributed by atoms with Crippen LogP contribution in [0.1, 0.15) is 12.8 Å². The van der Waals surface area contributed by atoms with Gasteiger partial charge in [-0.1, -0.05) is 12.2 Å². The summed E-state index contributed by atoms with van der Waals surface area (Å²) in [5, 5.41) is 0. The Balaban J connectivity index is 2.43. The van der Waals surface area contributed by atoms with Crippen molar-refractivity contribution in [1.82, 2.24) is 0 Å². The lowest BCUT2D eigenvalue weighted by atomic mass is 10.3. The molecule has 0 saturated heterocycles. The molecule has 0 atom stereocenters. The zero-order valence-corrected chi connectivity index (χ0v) is 10.4. The van der Waals surface area contributed by atoms with Crippen molar-refractivity contribution in [3.05, 3.63) is 28.5 Å². The first kappa shape index (κ1) is 12.4. The third kappa shape index (κ3) is 4.57. The van der Waals surface area contributed by atoms with E-state index in [1.807, 2.05) is 0 Å². The molecule has 0 aliphatic rings. The summed E-state index contributed by atoms with van der Waals surface area (Å²) in [6.07, 6.45) is 1.38. The van der Waals surface area contributed by atoms with Crippen LogP contribution >= 0.6 is 28.1 Å². The van der Waals surface area contributed by atoms with Crippen LogP contribution in [0.25, 0.3) is 0 Å². The molecule has 0 unspecified atom stereocenters. The van der Waals surface area contributed by atoms with Gasteiger partial charge < -0.3 is 10.5 Å². The van der Waals surface area contributed by atoms with Gasteiger partial charge in [0.15, 0.2) is 0 Å². The van der Waals surface area contributed by atoms with Crippen LogP contribution in [0.2, 0.25) is 0 Å². The molecule has 0 heterocycles. The Kier molecular flexibility index (Phi) is 4.98. The molecule has 0 aliphatic heterocycles. The molecule has 2 N–H and O–H groups in total. The van der Waals surface area contributed by atoms with Gasteiger partial charge in [-0.3, -0.25) is 0 Å². The fraction of sp³-hybridized carbons (Fsp3) is 0.300. The van der Waals surface area contributed by atoms with Gasteiger partial charge in [0.25, 0.3) is 0 Å². The van der Waals surface area contributed by atoms with Crippen molar-refractivity contribution in [3.8, 4) is 5.75 Å². The van der Waals surface area contributed by atoms with Gasteiger partial charge in [0.1, 0.15) is 11.6 Å². The van der Waals surface area contributed by atoms with E-state index in [2.05, 4.69) is 15.9 Å². The summed E-state index contributed by atoms with van der Waals surface area (Å²) in [5.41, 5.74) is 5.33. The Labute approximate surface area is 102 Å². The number of nitrogens with two attached hydrogens (primary N) is 1. The highest BCUT2D eigenvalue weighted by Crippen LogP contribution is 2.25. The third-order valence-electron chi connectivity index (χ3n) is 1.72. The van der Waals surface area contributed by atoms with Gasteiger partial charge in [-0.05, 0) is 34.5 Å². The van der Waals surface area contributed by atoms with Gasteiger partial charge >= 0.3 is 0 Å². The van der Waals surface area contributed by atoms with Crippen molar-refractivity contribution in [2.45, 2.75) is 12.8 Å². The number of halogens is 2.